The van der Waals surface area contributed by atoms with Crippen LogP contribution in [0.1, 0.15) is 17.3 Å². The Morgan fingerprint density at radius 1 is 1.08 bits per heavy atom. The van der Waals surface area contributed by atoms with Gasteiger partial charge in [-0.2, -0.15) is 4.98 Å². The summed E-state index contributed by atoms with van der Waals surface area (Å²) in [5.41, 5.74) is 1.93. The summed E-state index contributed by atoms with van der Waals surface area (Å²) >= 11 is 0. The van der Waals surface area contributed by atoms with Crippen LogP contribution in [0.2, 0.25) is 0 Å². The van der Waals surface area contributed by atoms with E-state index in [0.717, 1.165) is 22.7 Å². The van der Waals surface area contributed by atoms with E-state index in [0.29, 0.717) is 24.8 Å². The normalized spacial score (nSPS) is 11.0. The number of benzene rings is 1. The van der Waals surface area contributed by atoms with E-state index in [9.17, 15) is 0 Å². The Bertz CT molecular complexity index is 784. The fourth-order valence-electron chi connectivity index (χ4n) is 2.28. The lowest BCUT2D eigenvalue weighted by molar-refractivity contribution is 0.260. The summed E-state index contributed by atoms with van der Waals surface area (Å²) in [7, 11) is 3.62. The Kier molecular flexibility index (Phi) is 4.81. The Balaban J connectivity index is 1.63. The number of rotatable bonds is 6. The van der Waals surface area contributed by atoms with Crippen LogP contribution < -0.4 is 4.74 Å². The molecule has 3 rings (SSSR count). The molecule has 124 valence electrons. The third-order valence-electron chi connectivity index (χ3n) is 3.51. The molecule has 1 aromatic carbocycles. The van der Waals surface area contributed by atoms with Crippen molar-refractivity contribution < 1.29 is 9.26 Å². The molecule has 2 heterocycles. The topological polar surface area (TPSA) is 77.2 Å². The Labute approximate surface area is 140 Å². The molecule has 0 aliphatic rings. The summed E-state index contributed by atoms with van der Waals surface area (Å²) in [6.07, 6.45) is 3.66. The van der Waals surface area contributed by atoms with Gasteiger partial charge in [0, 0.05) is 30.1 Å². The zero-order valence-electron chi connectivity index (χ0n) is 13.9. The summed E-state index contributed by atoms with van der Waals surface area (Å²) < 4.78 is 10.5. The zero-order chi connectivity index (χ0) is 16.9. The number of ether oxygens (including phenoxy) is 1. The summed E-state index contributed by atoms with van der Waals surface area (Å²) in [6, 6.07) is 7.55. The number of nitrogens with zero attached hydrogens (tertiary/aromatic N) is 5. The van der Waals surface area contributed by atoms with E-state index in [1.807, 2.05) is 50.6 Å². The average molecular weight is 325 g/mol. The van der Waals surface area contributed by atoms with Crippen molar-refractivity contribution >= 4 is 0 Å². The summed E-state index contributed by atoms with van der Waals surface area (Å²) in [6.45, 7) is 3.13. The second-order valence-electron chi connectivity index (χ2n) is 5.55. The molecule has 0 fully saturated rings. The quantitative estimate of drug-likeness (QED) is 0.689. The van der Waals surface area contributed by atoms with Gasteiger partial charge in [0.1, 0.15) is 11.6 Å². The van der Waals surface area contributed by atoms with Crippen LogP contribution in [0.15, 0.2) is 41.2 Å². The van der Waals surface area contributed by atoms with Crippen LogP contribution in [0.4, 0.5) is 0 Å². The van der Waals surface area contributed by atoms with Gasteiger partial charge in [-0.3, -0.25) is 4.90 Å². The molecule has 0 bridgehead atoms. The van der Waals surface area contributed by atoms with E-state index in [4.69, 9.17) is 9.26 Å². The van der Waals surface area contributed by atoms with E-state index in [1.54, 1.807) is 7.11 Å². The molecule has 7 nitrogen and oxygen atoms in total. The highest BCUT2D eigenvalue weighted by Crippen LogP contribution is 2.20. The second kappa shape index (κ2) is 7.18. The van der Waals surface area contributed by atoms with Gasteiger partial charge >= 0.3 is 0 Å². The van der Waals surface area contributed by atoms with E-state index in [2.05, 4.69) is 25.0 Å². The first-order chi connectivity index (χ1) is 11.6. The van der Waals surface area contributed by atoms with Gasteiger partial charge < -0.3 is 9.26 Å². The monoisotopic (exact) mass is 325 g/mol. The third-order valence-corrected chi connectivity index (χ3v) is 3.51. The van der Waals surface area contributed by atoms with Crippen molar-refractivity contribution in [2.75, 3.05) is 14.2 Å². The summed E-state index contributed by atoms with van der Waals surface area (Å²) in [5.74, 6) is 2.70. The lowest BCUT2D eigenvalue weighted by Crippen LogP contribution is -2.17. The molecule has 24 heavy (non-hydrogen) atoms. The second-order valence-corrected chi connectivity index (χ2v) is 5.55. The number of hydrogen-bond donors (Lipinski definition) is 0. The van der Waals surface area contributed by atoms with Crippen LogP contribution in [-0.4, -0.2) is 39.2 Å². The van der Waals surface area contributed by atoms with Crippen molar-refractivity contribution in [2.24, 2.45) is 0 Å². The van der Waals surface area contributed by atoms with Gasteiger partial charge in [0.2, 0.25) is 11.7 Å². The van der Waals surface area contributed by atoms with Gasteiger partial charge in [-0.15, -0.1) is 0 Å². The maximum Gasteiger partial charge on any atom is 0.241 e. The van der Waals surface area contributed by atoms with E-state index < -0.39 is 0 Å². The smallest absolute Gasteiger partial charge is 0.241 e. The van der Waals surface area contributed by atoms with Crippen molar-refractivity contribution in [1.29, 1.82) is 0 Å². The molecular formula is C17H19N5O2. The average Bonchev–Trinajstić information content (AvgIpc) is 3.05. The molecule has 3 aromatic rings. The predicted octanol–water partition coefficient (Wildman–Crippen LogP) is 2.48. The highest BCUT2D eigenvalue weighted by Gasteiger charge is 2.11. The Hall–Kier alpha value is -2.80. The van der Waals surface area contributed by atoms with Crippen molar-refractivity contribution in [3.05, 3.63) is 53.9 Å². The van der Waals surface area contributed by atoms with Crippen LogP contribution >= 0.6 is 0 Å². The van der Waals surface area contributed by atoms with E-state index in [-0.39, 0.29) is 0 Å². The minimum Gasteiger partial charge on any atom is -0.497 e. The minimum atomic E-state index is 0.553. The number of hydrogen-bond acceptors (Lipinski definition) is 7. The van der Waals surface area contributed by atoms with Crippen LogP contribution in [0.5, 0.6) is 5.75 Å². The molecule has 0 atom stereocenters. The zero-order valence-corrected chi connectivity index (χ0v) is 13.9. The molecule has 0 amide bonds. The van der Waals surface area contributed by atoms with Crippen molar-refractivity contribution in [3.8, 4) is 17.1 Å². The first kappa shape index (κ1) is 16.1. The fraction of sp³-hybridized carbons (Fsp3) is 0.294. The van der Waals surface area contributed by atoms with Crippen LogP contribution in [0.25, 0.3) is 11.4 Å². The maximum absolute atomic E-state index is 5.34. The van der Waals surface area contributed by atoms with Crippen molar-refractivity contribution in [1.82, 2.24) is 25.0 Å². The van der Waals surface area contributed by atoms with E-state index in [1.165, 1.54) is 0 Å². The van der Waals surface area contributed by atoms with Gasteiger partial charge in [-0.05, 0) is 38.2 Å². The summed E-state index contributed by atoms with van der Waals surface area (Å²) in [5, 5.41) is 4.04. The molecule has 0 N–H and O–H groups in total. The third kappa shape index (κ3) is 3.94. The van der Waals surface area contributed by atoms with Crippen molar-refractivity contribution in [3.63, 3.8) is 0 Å². The minimum absolute atomic E-state index is 0.553. The highest BCUT2D eigenvalue weighted by molar-refractivity contribution is 5.55. The molecule has 0 radical (unpaired) electrons. The Morgan fingerprint density at radius 2 is 1.79 bits per heavy atom. The molecule has 7 heteroatoms. The molecular weight excluding hydrogens is 306 g/mol. The van der Waals surface area contributed by atoms with Crippen LogP contribution in [-0.2, 0) is 13.1 Å². The van der Waals surface area contributed by atoms with E-state index >= 15 is 0 Å². The van der Waals surface area contributed by atoms with Crippen LogP contribution in [0.3, 0.4) is 0 Å². The van der Waals surface area contributed by atoms with Gasteiger partial charge in [0.25, 0.3) is 0 Å². The largest absolute Gasteiger partial charge is 0.497 e. The first-order valence-electron chi connectivity index (χ1n) is 7.57. The molecule has 2 aromatic heterocycles. The molecule has 0 aliphatic heterocycles. The van der Waals surface area contributed by atoms with Gasteiger partial charge in [0.05, 0.1) is 13.7 Å². The Morgan fingerprint density at radius 3 is 2.46 bits per heavy atom. The molecule has 0 saturated heterocycles. The fourth-order valence-corrected chi connectivity index (χ4v) is 2.28. The summed E-state index contributed by atoms with van der Waals surface area (Å²) in [4.78, 5) is 14.9. The van der Waals surface area contributed by atoms with Gasteiger partial charge in [-0.25, -0.2) is 9.97 Å². The lowest BCUT2D eigenvalue weighted by atomic mass is 10.2. The van der Waals surface area contributed by atoms with Gasteiger partial charge in [-0.1, -0.05) is 5.16 Å². The predicted molar refractivity (Wildman–Crippen MR) is 88.2 cm³/mol. The van der Waals surface area contributed by atoms with Crippen LogP contribution in [0, 0.1) is 6.92 Å². The number of aromatic nitrogens is 4. The van der Waals surface area contributed by atoms with Crippen molar-refractivity contribution in [2.45, 2.75) is 20.0 Å². The number of methoxy groups -OCH3 is 1. The SMILES string of the molecule is COc1ccc(-c2noc(CN(C)Cc3cnc(C)nc3)n2)cc1. The molecule has 0 unspecified atom stereocenters. The lowest BCUT2D eigenvalue weighted by Gasteiger charge is -2.13. The standard InChI is InChI=1S/C17H19N5O2/c1-12-18-8-13(9-19-12)10-22(2)11-16-20-17(21-24-16)14-4-6-15(23-3)7-5-14/h4-9H,10-11H2,1-3H3. The maximum atomic E-state index is 5.34. The highest BCUT2D eigenvalue weighted by atomic mass is 16.5. The molecule has 0 aliphatic carbocycles. The number of aryl methyl sites for hydroxylation is 1. The van der Waals surface area contributed by atoms with Gasteiger partial charge in [0.15, 0.2) is 0 Å². The molecule has 0 spiro atoms. The molecule has 0 saturated carbocycles. The first-order valence-corrected chi connectivity index (χ1v) is 7.57.